The van der Waals surface area contributed by atoms with Crippen molar-refractivity contribution in [2.75, 3.05) is 17.7 Å². The van der Waals surface area contributed by atoms with Crippen molar-refractivity contribution in [1.82, 2.24) is 0 Å². The number of anilines is 2. The summed E-state index contributed by atoms with van der Waals surface area (Å²) in [5.74, 6) is 0.767. The van der Waals surface area contributed by atoms with Gasteiger partial charge in [-0.15, -0.1) is 11.3 Å². The molecule has 1 heterocycles. The van der Waals surface area contributed by atoms with Gasteiger partial charge in [-0.05, 0) is 36.4 Å². The summed E-state index contributed by atoms with van der Waals surface area (Å²) >= 11 is 1.79. The van der Waals surface area contributed by atoms with Crippen LogP contribution in [-0.4, -0.2) is 6.61 Å². The van der Waals surface area contributed by atoms with E-state index in [4.69, 9.17) is 10.5 Å². The first-order valence-corrected chi connectivity index (χ1v) is 8.44. The molecule has 2 aromatic rings. The minimum Gasteiger partial charge on any atom is -0.491 e. The average Bonchev–Trinajstić information content (AvgIpc) is 3.01. The molecule has 4 heteroatoms. The topological polar surface area (TPSA) is 47.3 Å². The third kappa shape index (κ3) is 4.39. The molecule has 0 fully saturated rings. The Morgan fingerprint density at radius 3 is 2.76 bits per heavy atom. The molecule has 21 heavy (non-hydrogen) atoms. The van der Waals surface area contributed by atoms with Crippen molar-refractivity contribution < 1.29 is 4.74 Å². The molecule has 0 saturated carbocycles. The van der Waals surface area contributed by atoms with Crippen LogP contribution >= 0.6 is 11.3 Å². The zero-order valence-electron chi connectivity index (χ0n) is 12.8. The Morgan fingerprint density at radius 2 is 2.10 bits per heavy atom. The Balaban J connectivity index is 2.13. The molecule has 1 unspecified atom stereocenters. The highest BCUT2D eigenvalue weighted by molar-refractivity contribution is 7.10. The molecule has 2 rings (SSSR count). The van der Waals surface area contributed by atoms with Crippen LogP contribution in [0.15, 0.2) is 35.7 Å². The summed E-state index contributed by atoms with van der Waals surface area (Å²) in [5, 5.41) is 5.72. The summed E-state index contributed by atoms with van der Waals surface area (Å²) < 4.78 is 5.70. The van der Waals surface area contributed by atoms with E-state index in [0.29, 0.717) is 18.3 Å². The molecule has 0 bridgehead atoms. The van der Waals surface area contributed by atoms with E-state index >= 15 is 0 Å². The third-order valence-corrected chi connectivity index (χ3v) is 4.27. The first-order valence-electron chi connectivity index (χ1n) is 7.56. The first kappa shape index (κ1) is 15.7. The summed E-state index contributed by atoms with van der Waals surface area (Å²) in [5.41, 5.74) is 7.71. The SMILES string of the molecule is CCCOc1cc(NC(CCC)c2cccs2)ccc1N. The average molecular weight is 304 g/mol. The van der Waals surface area contributed by atoms with E-state index in [9.17, 15) is 0 Å². The van der Waals surface area contributed by atoms with Gasteiger partial charge < -0.3 is 15.8 Å². The first-order chi connectivity index (χ1) is 10.2. The van der Waals surface area contributed by atoms with E-state index in [-0.39, 0.29) is 0 Å². The fraction of sp³-hybridized carbons (Fsp3) is 0.412. The molecule has 1 atom stereocenters. The molecule has 0 amide bonds. The van der Waals surface area contributed by atoms with Crippen LogP contribution in [0.3, 0.4) is 0 Å². The maximum absolute atomic E-state index is 5.96. The van der Waals surface area contributed by atoms with E-state index in [1.54, 1.807) is 11.3 Å². The van der Waals surface area contributed by atoms with E-state index in [0.717, 1.165) is 30.7 Å². The van der Waals surface area contributed by atoms with Gasteiger partial charge in [-0.2, -0.15) is 0 Å². The number of thiophene rings is 1. The van der Waals surface area contributed by atoms with Gasteiger partial charge in [-0.1, -0.05) is 26.3 Å². The van der Waals surface area contributed by atoms with E-state index in [2.05, 4.69) is 36.7 Å². The Labute approximate surface area is 131 Å². The summed E-state index contributed by atoms with van der Waals surface area (Å²) in [4.78, 5) is 1.37. The lowest BCUT2D eigenvalue weighted by atomic mass is 10.1. The van der Waals surface area contributed by atoms with Crippen molar-refractivity contribution in [3.8, 4) is 5.75 Å². The van der Waals surface area contributed by atoms with Crippen LogP contribution in [0, 0.1) is 0 Å². The van der Waals surface area contributed by atoms with Crippen LogP contribution < -0.4 is 15.8 Å². The van der Waals surface area contributed by atoms with E-state index in [1.165, 1.54) is 4.88 Å². The van der Waals surface area contributed by atoms with Crippen LogP contribution in [0.2, 0.25) is 0 Å². The normalized spacial score (nSPS) is 12.1. The molecular formula is C17H24N2OS. The van der Waals surface area contributed by atoms with Gasteiger partial charge in [0, 0.05) is 16.6 Å². The molecule has 0 aliphatic rings. The fourth-order valence-corrected chi connectivity index (χ4v) is 3.04. The van der Waals surface area contributed by atoms with Gasteiger partial charge in [0.1, 0.15) is 5.75 Å². The van der Waals surface area contributed by atoms with Crippen molar-refractivity contribution >= 4 is 22.7 Å². The fourth-order valence-electron chi connectivity index (χ4n) is 2.23. The van der Waals surface area contributed by atoms with E-state index < -0.39 is 0 Å². The van der Waals surface area contributed by atoms with Gasteiger partial charge in [-0.3, -0.25) is 0 Å². The van der Waals surface area contributed by atoms with Crippen molar-refractivity contribution in [3.05, 3.63) is 40.6 Å². The molecule has 0 aliphatic carbocycles. The van der Waals surface area contributed by atoms with Crippen molar-refractivity contribution in [1.29, 1.82) is 0 Å². The van der Waals surface area contributed by atoms with Gasteiger partial charge in [-0.25, -0.2) is 0 Å². The molecular weight excluding hydrogens is 280 g/mol. The van der Waals surface area contributed by atoms with Gasteiger partial charge in [0.15, 0.2) is 0 Å². The number of hydrogen-bond donors (Lipinski definition) is 2. The van der Waals surface area contributed by atoms with Crippen LogP contribution in [0.1, 0.15) is 44.0 Å². The minimum atomic E-state index is 0.345. The predicted octanol–water partition coefficient (Wildman–Crippen LogP) is 5.07. The van der Waals surface area contributed by atoms with Crippen LogP contribution in [-0.2, 0) is 0 Å². The molecule has 1 aromatic carbocycles. The van der Waals surface area contributed by atoms with E-state index in [1.807, 2.05) is 18.2 Å². The standard InChI is InChI=1S/C17H24N2OS/c1-3-6-15(17-7-5-11-21-17)19-13-8-9-14(18)16(12-13)20-10-4-2/h5,7-9,11-12,15,19H,3-4,6,10,18H2,1-2H3. The molecule has 114 valence electrons. The van der Waals surface area contributed by atoms with Gasteiger partial charge in [0.2, 0.25) is 0 Å². The van der Waals surface area contributed by atoms with Gasteiger partial charge in [0.05, 0.1) is 18.3 Å². The van der Waals surface area contributed by atoms with Crippen molar-refractivity contribution in [2.24, 2.45) is 0 Å². The lowest BCUT2D eigenvalue weighted by Gasteiger charge is -2.19. The van der Waals surface area contributed by atoms with Crippen LogP contribution in [0.25, 0.3) is 0 Å². The smallest absolute Gasteiger partial charge is 0.144 e. The second kappa shape index (κ2) is 7.93. The molecule has 0 radical (unpaired) electrons. The number of nitrogens with one attached hydrogen (secondary N) is 1. The number of benzene rings is 1. The van der Waals surface area contributed by atoms with Crippen LogP contribution in [0.4, 0.5) is 11.4 Å². The number of ether oxygens (including phenoxy) is 1. The zero-order valence-corrected chi connectivity index (χ0v) is 13.6. The largest absolute Gasteiger partial charge is 0.491 e. The Hall–Kier alpha value is -1.68. The molecule has 0 spiro atoms. The molecule has 0 saturated heterocycles. The van der Waals surface area contributed by atoms with Crippen LogP contribution in [0.5, 0.6) is 5.75 Å². The lowest BCUT2D eigenvalue weighted by Crippen LogP contribution is -2.09. The number of rotatable bonds is 8. The number of hydrogen-bond acceptors (Lipinski definition) is 4. The zero-order chi connectivity index (χ0) is 15.1. The minimum absolute atomic E-state index is 0.345. The van der Waals surface area contributed by atoms with Gasteiger partial charge >= 0.3 is 0 Å². The Bertz CT molecular complexity index is 540. The number of nitrogen functional groups attached to an aromatic ring is 1. The van der Waals surface area contributed by atoms with Gasteiger partial charge in [0.25, 0.3) is 0 Å². The second-order valence-corrected chi connectivity index (χ2v) is 6.08. The molecule has 1 aromatic heterocycles. The quantitative estimate of drug-likeness (QED) is 0.669. The maximum atomic E-state index is 5.96. The molecule has 3 nitrogen and oxygen atoms in total. The lowest BCUT2D eigenvalue weighted by molar-refractivity contribution is 0.319. The summed E-state index contributed by atoms with van der Waals surface area (Å²) in [6.45, 7) is 4.99. The van der Waals surface area contributed by atoms with Crippen molar-refractivity contribution in [3.63, 3.8) is 0 Å². The number of nitrogens with two attached hydrogens (primary N) is 1. The Morgan fingerprint density at radius 1 is 1.24 bits per heavy atom. The Kier molecular flexibility index (Phi) is 5.93. The highest BCUT2D eigenvalue weighted by Gasteiger charge is 2.12. The summed E-state index contributed by atoms with van der Waals surface area (Å²) in [6.07, 6.45) is 3.23. The second-order valence-electron chi connectivity index (χ2n) is 5.10. The highest BCUT2D eigenvalue weighted by Crippen LogP contribution is 2.31. The summed E-state index contributed by atoms with van der Waals surface area (Å²) in [6, 6.07) is 10.6. The summed E-state index contributed by atoms with van der Waals surface area (Å²) in [7, 11) is 0. The maximum Gasteiger partial charge on any atom is 0.144 e. The predicted molar refractivity (Wildman–Crippen MR) is 92.2 cm³/mol. The third-order valence-electron chi connectivity index (χ3n) is 3.28. The monoisotopic (exact) mass is 304 g/mol. The highest BCUT2D eigenvalue weighted by atomic mass is 32.1. The molecule has 3 N–H and O–H groups in total. The molecule has 0 aliphatic heterocycles. The van der Waals surface area contributed by atoms with Crippen molar-refractivity contribution in [2.45, 2.75) is 39.2 Å².